The number of hydrogen-bond donors (Lipinski definition) is 1. The average Bonchev–Trinajstić information content (AvgIpc) is 2.87. The number of aryl methyl sites for hydroxylation is 1. The highest BCUT2D eigenvalue weighted by molar-refractivity contribution is 5.01. The molecule has 114 valence electrons. The molecule has 0 aromatic carbocycles. The van der Waals surface area contributed by atoms with Gasteiger partial charge in [-0.2, -0.15) is 5.10 Å². The Bertz CT molecular complexity index is 413. The summed E-state index contributed by atoms with van der Waals surface area (Å²) in [7, 11) is 1.69. The van der Waals surface area contributed by atoms with E-state index in [1.54, 1.807) is 13.3 Å². The lowest BCUT2D eigenvalue weighted by molar-refractivity contribution is -0.00463. The maximum atomic E-state index is 14.2. The zero-order valence-corrected chi connectivity index (χ0v) is 12.1. The monoisotopic (exact) mass is 285 g/mol. The fourth-order valence-electron chi connectivity index (χ4n) is 2.73. The number of aliphatic hydroxyl groups excluding tert-OH is 1. The van der Waals surface area contributed by atoms with Gasteiger partial charge in [0.1, 0.15) is 5.67 Å². The first kappa shape index (κ1) is 15.4. The summed E-state index contributed by atoms with van der Waals surface area (Å²) in [6.07, 6.45) is 3.93. The molecule has 0 saturated carbocycles. The van der Waals surface area contributed by atoms with E-state index in [1.165, 1.54) is 0 Å². The van der Waals surface area contributed by atoms with Gasteiger partial charge in [0.15, 0.2) is 0 Å². The second kappa shape index (κ2) is 7.15. The largest absolute Gasteiger partial charge is 0.393 e. The van der Waals surface area contributed by atoms with Gasteiger partial charge in [0.25, 0.3) is 0 Å². The Morgan fingerprint density at radius 1 is 1.55 bits per heavy atom. The van der Waals surface area contributed by atoms with Gasteiger partial charge in [-0.25, -0.2) is 4.39 Å². The quantitative estimate of drug-likeness (QED) is 0.765. The van der Waals surface area contributed by atoms with Crippen LogP contribution in [0.25, 0.3) is 0 Å². The summed E-state index contributed by atoms with van der Waals surface area (Å²) in [6.45, 7) is 2.98. The second-order valence-corrected chi connectivity index (χ2v) is 5.52. The van der Waals surface area contributed by atoms with Crippen LogP contribution < -0.4 is 0 Å². The lowest BCUT2D eigenvalue weighted by Gasteiger charge is -2.36. The van der Waals surface area contributed by atoms with Gasteiger partial charge < -0.3 is 9.84 Å². The number of halogens is 1. The van der Waals surface area contributed by atoms with E-state index in [4.69, 9.17) is 9.84 Å². The van der Waals surface area contributed by atoms with Crippen molar-refractivity contribution in [1.82, 2.24) is 14.7 Å². The molecule has 1 unspecified atom stereocenters. The van der Waals surface area contributed by atoms with Crippen molar-refractivity contribution < 1.29 is 14.2 Å². The number of piperidine rings is 1. The first-order valence-corrected chi connectivity index (χ1v) is 7.19. The molecule has 1 aliphatic heterocycles. The second-order valence-electron chi connectivity index (χ2n) is 5.52. The van der Waals surface area contributed by atoms with Gasteiger partial charge in [-0.1, -0.05) is 0 Å². The van der Waals surface area contributed by atoms with Crippen molar-refractivity contribution in [3.63, 3.8) is 0 Å². The Balaban J connectivity index is 1.91. The van der Waals surface area contributed by atoms with E-state index in [9.17, 15) is 4.39 Å². The summed E-state index contributed by atoms with van der Waals surface area (Å²) in [5.74, 6) is 0. The molecule has 1 aliphatic rings. The van der Waals surface area contributed by atoms with Gasteiger partial charge in [0, 0.05) is 39.5 Å². The first-order valence-electron chi connectivity index (χ1n) is 7.19. The van der Waals surface area contributed by atoms with Gasteiger partial charge in [-0.05, 0) is 31.9 Å². The van der Waals surface area contributed by atoms with Crippen LogP contribution in [0.5, 0.6) is 0 Å². The maximum Gasteiger partial charge on any atom is 0.146 e. The fraction of sp³-hybridized carbons (Fsp3) is 0.786. The number of hydrogen-bond acceptors (Lipinski definition) is 4. The molecule has 0 amide bonds. The summed E-state index contributed by atoms with van der Waals surface area (Å²) in [5.41, 5.74) is -0.359. The third kappa shape index (κ3) is 4.01. The standard InChI is InChI=1S/C14H24FN3O2/c1-20-9-3-8-18-13(4-6-16-18)10-17-7-2-5-14(15,11-17)12-19/h4,6,19H,2-3,5,7-12H2,1H3. The van der Waals surface area contributed by atoms with E-state index in [0.717, 1.165) is 31.6 Å². The van der Waals surface area contributed by atoms with Crippen LogP contribution in [0, 0.1) is 0 Å². The van der Waals surface area contributed by atoms with Crippen molar-refractivity contribution in [2.45, 2.75) is 38.0 Å². The summed E-state index contributed by atoms with van der Waals surface area (Å²) in [6, 6.07) is 1.97. The van der Waals surface area contributed by atoms with Crippen LogP contribution in [0.1, 0.15) is 25.0 Å². The molecule has 0 spiro atoms. The van der Waals surface area contributed by atoms with E-state index in [0.29, 0.717) is 26.1 Å². The van der Waals surface area contributed by atoms with Crippen molar-refractivity contribution in [3.8, 4) is 0 Å². The zero-order chi connectivity index (χ0) is 14.4. The summed E-state index contributed by atoms with van der Waals surface area (Å²) in [5, 5.41) is 13.5. The van der Waals surface area contributed by atoms with E-state index in [-0.39, 0.29) is 0 Å². The number of rotatable bonds is 7. The molecule has 2 rings (SSSR count). The van der Waals surface area contributed by atoms with Crippen LogP contribution >= 0.6 is 0 Å². The Morgan fingerprint density at radius 3 is 3.15 bits per heavy atom. The molecule has 1 aromatic heterocycles. The SMILES string of the molecule is COCCCn1nccc1CN1CCCC(F)(CO)C1. The van der Waals surface area contributed by atoms with E-state index >= 15 is 0 Å². The minimum atomic E-state index is -1.45. The summed E-state index contributed by atoms with van der Waals surface area (Å²) < 4.78 is 21.2. The Labute approximate surface area is 119 Å². The third-order valence-electron chi connectivity index (χ3n) is 3.80. The molecule has 2 heterocycles. The number of nitrogens with zero attached hydrogens (tertiary/aromatic N) is 3. The van der Waals surface area contributed by atoms with Gasteiger partial charge in [-0.3, -0.25) is 9.58 Å². The molecule has 20 heavy (non-hydrogen) atoms. The number of aliphatic hydroxyl groups is 1. The third-order valence-corrected chi connectivity index (χ3v) is 3.80. The van der Waals surface area contributed by atoms with Crippen LogP contribution in [0.15, 0.2) is 12.3 Å². The van der Waals surface area contributed by atoms with E-state index in [2.05, 4.69) is 10.00 Å². The molecule has 5 nitrogen and oxygen atoms in total. The minimum Gasteiger partial charge on any atom is -0.393 e. The van der Waals surface area contributed by atoms with E-state index < -0.39 is 12.3 Å². The Hall–Kier alpha value is -0.980. The lowest BCUT2D eigenvalue weighted by atomic mass is 9.95. The Kier molecular flexibility index (Phi) is 5.51. The molecule has 0 radical (unpaired) electrons. The van der Waals surface area contributed by atoms with Gasteiger partial charge >= 0.3 is 0 Å². The summed E-state index contributed by atoms with van der Waals surface area (Å²) in [4.78, 5) is 2.06. The number of methoxy groups -OCH3 is 1. The molecule has 1 fully saturated rings. The molecule has 1 saturated heterocycles. The van der Waals surface area contributed by atoms with E-state index in [1.807, 2.05) is 10.7 Å². The lowest BCUT2D eigenvalue weighted by Crippen LogP contribution is -2.47. The topological polar surface area (TPSA) is 50.5 Å². The van der Waals surface area contributed by atoms with Crippen molar-refractivity contribution in [2.24, 2.45) is 0 Å². The maximum absolute atomic E-state index is 14.2. The molecule has 1 N–H and O–H groups in total. The Morgan fingerprint density at radius 2 is 2.40 bits per heavy atom. The van der Waals surface area contributed by atoms with Crippen molar-refractivity contribution in [2.75, 3.05) is 33.4 Å². The minimum absolute atomic E-state index is 0.298. The van der Waals surface area contributed by atoms with Crippen LogP contribution in [0.3, 0.4) is 0 Å². The van der Waals surface area contributed by atoms with Crippen LogP contribution in [-0.4, -0.2) is 58.9 Å². The predicted octanol–water partition coefficient (Wildman–Crippen LogP) is 1.22. The molecule has 0 bridgehead atoms. The van der Waals surface area contributed by atoms with Gasteiger partial charge in [0.05, 0.1) is 12.3 Å². The molecular weight excluding hydrogens is 261 g/mol. The highest BCUT2D eigenvalue weighted by Crippen LogP contribution is 2.25. The zero-order valence-electron chi connectivity index (χ0n) is 12.1. The van der Waals surface area contributed by atoms with Gasteiger partial charge in [0.2, 0.25) is 0 Å². The smallest absolute Gasteiger partial charge is 0.146 e. The highest BCUT2D eigenvalue weighted by Gasteiger charge is 2.34. The number of aromatic nitrogens is 2. The number of ether oxygens (including phenoxy) is 1. The number of alkyl halides is 1. The predicted molar refractivity (Wildman–Crippen MR) is 74.2 cm³/mol. The fourth-order valence-corrected chi connectivity index (χ4v) is 2.73. The molecule has 0 aliphatic carbocycles. The highest BCUT2D eigenvalue weighted by atomic mass is 19.1. The normalized spacial score (nSPS) is 24.1. The average molecular weight is 285 g/mol. The molecule has 6 heteroatoms. The van der Waals surface area contributed by atoms with Crippen LogP contribution in [0.4, 0.5) is 4.39 Å². The molecule has 1 atom stereocenters. The van der Waals surface area contributed by atoms with Crippen LogP contribution in [-0.2, 0) is 17.8 Å². The molecular formula is C14H24FN3O2. The van der Waals surface area contributed by atoms with Crippen LogP contribution in [0.2, 0.25) is 0 Å². The van der Waals surface area contributed by atoms with Crippen molar-refractivity contribution in [3.05, 3.63) is 18.0 Å². The first-order chi connectivity index (χ1) is 9.67. The van der Waals surface area contributed by atoms with Gasteiger partial charge in [-0.15, -0.1) is 0 Å². The summed E-state index contributed by atoms with van der Waals surface area (Å²) >= 11 is 0. The number of likely N-dealkylation sites (tertiary alicyclic amines) is 1. The van der Waals surface area contributed by atoms with Crippen molar-refractivity contribution >= 4 is 0 Å². The molecule has 1 aromatic rings. The van der Waals surface area contributed by atoms with Crippen molar-refractivity contribution in [1.29, 1.82) is 0 Å².